The van der Waals surface area contributed by atoms with E-state index in [0.717, 1.165) is 0 Å². The molecule has 2 heterocycles. The SMILES string of the molecule is C=C1C(=O)[C@]23[C@H](OC(=O)C4CCC(NC(=O)c5ccc(F)cc5)CC4)[C@H]1CC[C@H]2[C@@]12CO[C@]3(O)[C@@H](O)[C@@H]1C(C)(C)CCC2=O. The van der Waals surface area contributed by atoms with Crippen molar-refractivity contribution in [1.82, 2.24) is 5.32 Å². The Morgan fingerprint density at radius 1 is 1.07 bits per heavy atom. The molecule has 236 valence electrons. The number of carbonyl (C=O) groups is 4. The Morgan fingerprint density at radius 2 is 1.75 bits per heavy atom. The fourth-order valence-corrected chi connectivity index (χ4v) is 10.3. The minimum Gasteiger partial charge on any atom is -0.460 e. The second-order valence-corrected chi connectivity index (χ2v) is 14.7. The Labute approximate surface area is 255 Å². The molecule has 44 heavy (non-hydrogen) atoms. The van der Waals surface area contributed by atoms with Crippen LogP contribution in [0, 0.1) is 45.7 Å². The average Bonchev–Trinajstić information content (AvgIpc) is 3.10. The average molecular weight is 610 g/mol. The summed E-state index contributed by atoms with van der Waals surface area (Å²) < 4.78 is 25.5. The maximum Gasteiger partial charge on any atom is 0.309 e. The molecule has 7 fully saturated rings. The molecule has 8 atom stereocenters. The van der Waals surface area contributed by atoms with Crippen LogP contribution in [0.3, 0.4) is 0 Å². The van der Waals surface area contributed by atoms with Crippen LogP contribution in [0.5, 0.6) is 0 Å². The van der Waals surface area contributed by atoms with Gasteiger partial charge in [-0.3, -0.25) is 19.2 Å². The quantitative estimate of drug-likeness (QED) is 0.349. The number of nitrogens with one attached hydrogen (secondary N) is 1. The van der Waals surface area contributed by atoms with Crippen LogP contribution >= 0.6 is 0 Å². The van der Waals surface area contributed by atoms with Crippen molar-refractivity contribution < 1.29 is 43.3 Å². The number of hydrogen-bond acceptors (Lipinski definition) is 8. The summed E-state index contributed by atoms with van der Waals surface area (Å²) in [6, 6.07) is 5.14. The predicted molar refractivity (Wildman–Crippen MR) is 153 cm³/mol. The fraction of sp³-hybridized carbons (Fsp3) is 0.647. The van der Waals surface area contributed by atoms with E-state index >= 15 is 0 Å². The molecule has 0 unspecified atom stereocenters. The minimum absolute atomic E-state index is 0.0677. The van der Waals surface area contributed by atoms with Gasteiger partial charge in [-0.15, -0.1) is 0 Å². The second kappa shape index (κ2) is 9.77. The molecule has 3 N–H and O–H groups in total. The fourth-order valence-electron chi connectivity index (χ4n) is 10.3. The Morgan fingerprint density at radius 3 is 2.43 bits per heavy atom. The molecule has 7 aliphatic rings. The maximum atomic E-state index is 14.3. The molecule has 1 aromatic carbocycles. The molecule has 1 aromatic rings. The lowest BCUT2D eigenvalue weighted by molar-refractivity contribution is -0.437. The molecule has 4 bridgehead atoms. The third-order valence-corrected chi connectivity index (χ3v) is 12.4. The predicted octanol–water partition coefficient (Wildman–Crippen LogP) is 3.26. The van der Waals surface area contributed by atoms with Gasteiger partial charge in [0.05, 0.1) is 17.9 Å². The van der Waals surface area contributed by atoms with Crippen molar-refractivity contribution in [3.8, 4) is 0 Å². The van der Waals surface area contributed by atoms with E-state index in [2.05, 4.69) is 11.9 Å². The van der Waals surface area contributed by atoms with Crippen molar-refractivity contribution in [2.24, 2.45) is 39.9 Å². The number of benzene rings is 1. The van der Waals surface area contributed by atoms with Crippen molar-refractivity contribution in [2.75, 3.05) is 6.61 Å². The van der Waals surface area contributed by atoms with Gasteiger partial charge in [0.2, 0.25) is 5.79 Å². The maximum absolute atomic E-state index is 14.3. The van der Waals surface area contributed by atoms with Crippen LogP contribution < -0.4 is 5.32 Å². The van der Waals surface area contributed by atoms with Crippen LogP contribution in [0.4, 0.5) is 4.39 Å². The summed E-state index contributed by atoms with van der Waals surface area (Å²) in [5.41, 5.74) is -2.89. The lowest BCUT2D eigenvalue weighted by Gasteiger charge is -2.73. The summed E-state index contributed by atoms with van der Waals surface area (Å²) in [5.74, 6) is -6.43. The minimum atomic E-state index is -2.33. The highest BCUT2D eigenvalue weighted by molar-refractivity contribution is 6.06. The summed E-state index contributed by atoms with van der Waals surface area (Å²) in [4.78, 5) is 54.5. The molecular weight excluding hydrogens is 569 g/mol. The first-order valence-electron chi connectivity index (χ1n) is 15.9. The zero-order valence-corrected chi connectivity index (χ0v) is 25.1. The van der Waals surface area contributed by atoms with Crippen molar-refractivity contribution in [3.63, 3.8) is 0 Å². The first-order chi connectivity index (χ1) is 20.8. The van der Waals surface area contributed by atoms with Crippen LogP contribution in [-0.4, -0.2) is 64.3 Å². The van der Waals surface area contributed by atoms with Crippen LogP contribution in [-0.2, 0) is 23.9 Å². The van der Waals surface area contributed by atoms with Crippen LogP contribution in [0.1, 0.15) is 75.6 Å². The first-order valence-corrected chi connectivity index (χ1v) is 15.9. The molecule has 2 spiro atoms. The van der Waals surface area contributed by atoms with Crippen LogP contribution in [0.2, 0.25) is 0 Å². The van der Waals surface area contributed by atoms with Gasteiger partial charge in [-0.1, -0.05) is 20.4 Å². The number of ether oxygens (including phenoxy) is 2. The smallest absolute Gasteiger partial charge is 0.309 e. The second-order valence-electron chi connectivity index (χ2n) is 14.7. The van der Waals surface area contributed by atoms with Gasteiger partial charge < -0.3 is 25.0 Å². The highest BCUT2D eigenvalue weighted by Crippen LogP contribution is 2.76. The molecule has 5 aliphatic carbocycles. The van der Waals surface area contributed by atoms with E-state index in [0.29, 0.717) is 50.5 Å². The third kappa shape index (κ3) is 3.67. The van der Waals surface area contributed by atoms with Gasteiger partial charge in [0, 0.05) is 29.9 Å². The zero-order valence-electron chi connectivity index (χ0n) is 25.1. The molecule has 10 heteroatoms. The van der Waals surface area contributed by atoms with Crippen molar-refractivity contribution in [2.45, 2.75) is 89.3 Å². The van der Waals surface area contributed by atoms with E-state index in [-0.39, 0.29) is 36.3 Å². The van der Waals surface area contributed by atoms with Gasteiger partial charge >= 0.3 is 5.97 Å². The standard InChI is InChI=1S/C34H40FNO8/c1-17-22-12-13-23-32-16-43-34(42,27(39)25(32)31(2,3)15-14-24(32)37)33(23,26(17)38)28(22)44-30(41)19-6-10-21(11-7-19)36-29(40)18-4-8-20(35)9-5-18/h4-5,8-9,19,21-23,25,27-28,39,42H,1,6-7,10-16H2,2-3H3,(H,36,40)/t19?,21?,22-,23-,25+,27-,28+,32+,33-,34+/m0/s1. The van der Waals surface area contributed by atoms with E-state index in [1.165, 1.54) is 24.3 Å². The first kappa shape index (κ1) is 29.7. The third-order valence-electron chi connectivity index (χ3n) is 12.4. The van der Waals surface area contributed by atoms with Crippen molar-refractivity contribution in [1.29, 1.82) is 0 Å². The van der Waals surface area contributed by atoms with Crippen molar-refractivity contribution in [3.05, 3.63) is 47.8 Å². The lowest BCUT2D eigenvalue weighted by Crippen LogP contribution is -2.85. The van der Waals surface area contributed by atoms with Gasteiger partial charge in [-0.25, -0.2) is 4.39 Å². The van der Waals surface area contributed by atoms with Gasteiger partial charge in [0.1, 0.15) is 29.2 Å². The molecular formula is C34H40FNO8. The molecule has 2 saturated heterocycles. The van der Waals surface area contributed by atoms with Crippen molar-refractivity contribution >= 4 is 23.4 Å². The largest absolute Gasteiger partial charge is 0.460 e. The topological polar surface area (TPSA) is 139 Å². The molecule has 2 aliphatic heterocycles. The molecule has 0 radical (unpaired) electrons. The Balaban J connectivity index is 1.14. The van der Waals surface area contributed by atoms with E-state index in [1.54, 1.807) is 0 Å². The van der Waals surface area contributed by atoms with Crippen LogP contribution in [0.15, 0.2) is 36.4 Å². The summed E-state index contributed by atoms with van der Waals surface area (Å²) in [6.45, 7) is 7.95. The molecule has 8 rings (SSSR count). The molecule has 9 nitrogen and oxygen atoms in total. The van der Waals surface area contributed by atoms with Gasteiger partial charge in [0.25, 0.3) is 5.91 Å². The lowest BCUT2D eigenvalue weighted by atomic mass is 9.36. The number of aliphatic hydroxyl groups excluding tert-OH is 1. The Bertz CT molecular complexity index is 1450. The highest BCUT2D eigenvalue weighted by Gasteiger charge is 2.88. The van der Waals surface area contributed by atoms with E-state index in [1.807, 2.05) is 13.8 Å². The molecule has 5 saturated carbocycles. The summed E-state index contributed by atoms with van der Waals surface area (Å²) in [5, 5.41) is 27.1. The summed E-state index contributed by atoms with van der Waals surface area (Å²) >= 11 is 0. The molecule has 0 aromatic heterocycles. The van der Waals surface area contributed by atoms with Crippen LogP contribution in [0.25, 0.3) is 0 Å². The number of hydrogen-bond donors (Lipinski definition) is 3. The Hall–Kier alpha value is -2.95. The van der Waals surface area contributed by atoms with Gasteiger partial charge in [-0.05, 0) is 86.1 Å². The number of rotatable bonds is 4. The molecule has 1 amide bonds. The van der Waals surface area contributed by atoms with Gasteiger partial charge in [-0.2, -0.15) is 0 Å². The Kier molecular flexibility index (Phi) is 6.61. The van der Waals surface area contributed by atoms with E-state index in [4.69, 9.17) is 9.47 Å². The number of esters is 1. The summed E-state index contributed by atoms with van der Waals surface area (Å²) in [6.07, 6.45) is 1.08. The number of fused-ring (bicyclic) bond motifs is 2. The number of halogens is 1. The number of Topliss-reactive ketones (excluding diaryl/α,β-unsaturated/α-hetero) is 2. The zero-order chi connectivity index (χ0) is 31.4. The van der Waals surface area contributed by atoms with E-state index in [9.17, 15) is 33.8 Å². The number of ketones is 2. The number of aliphatic hydroxyl groups is 2. The van der Waals surface area contributed by atoms with E-state index < -0.39 is 75.5 Å². The summed E-state index contributed by atoms with van der Waals surface area (Å²) in [7, 11) is 0. The number of carbonyl (C=O) groups excluding carboxylic acids is 4. The van der Waals surface area contributed by atoms with Gasteiger partial charge in [0.15, 0.2) is 5.78 Å². The number of amides is 1. The highest BCUT2D eigenvalue weighted by atomic mass is 19.1. The monoisotopic (exact) mass is 609 g/mol. The normalized spacial score (nSPS) is 43.7.